The van der Waals surface area contributed by atoms with E-state index >= 15 is 0 Å². The molecule has 0 N–H and O–H groups in total. The zero-order valence-corrected chi connectivity index (χ0v) is 12.9. The molecule has 0 spiro atoms. The number of fused-ring (bicyclic) bond motifs is 1. The Hall–Kier alpha value is -2.63. The van der Waals surface area contributed by atoms with Crippen LogP contribution in [-0.4, -0.2) is 31.7 Å². The molecular weight excluding hydrogens is 280 g/mol. The minimum atomic E-state index is -0.352. The van der Waals surface area contributed by atoms with Gasteiger partial charge in [0.05, 0.1) is 30.6 Å². The third-order valence-electron chi connectivity index (χ3n) is 3.67. The van der Waals surface area contributed by atoms with Crippen molar-refractivity contribution < 1.29 is 9.53 Å². The number of carbonyl (C=O) groups is 1. The molecular formula is C16H18N4O2. The van der Waals surface area contributed by atoms with Crippen LogP contribution in [0.1, 0.15) is 34.2 Å². The van der Waals surface area contributed by atoms with Crippen LogP contribution in [0.2, 0.25) is 0 Å². The Morgan fingerprint density at radius 1 is 1.27 bits per heavy atom. The molecule has 0 unspecified atom stereocenters. The van der Waals surface area contributed by atoms with Crippen LogP contribution in [0.25, 0.3) is 5.65 Å². The fourth-order valence-corrected chi connectivity index (χ4v) is 2.35. The van der Waals surface area contributed by atoms with Crippen LogP contribution < -0.4 is 0 Å². The minimum absolute atomic E-state index is 0.352. The van der Waals surface area contributed by atoms with Gasteiger partial charge in [0.15, 0.2) is 0 Å². The van der Waals surface area contributed by atoms with Gasteiger partial charge in [-0.2, -0.15) is 5.10 Å². The van der Waals surface area contributed by atoms with Crippen LogP contribution in [0.5, 0.6) is 0 Å². The van der Waals surface area contributed by atoms with E-state index in [4.69, 9.17) is 4.74 Å². The molecule has 3 aromatic heterocycles. The standard InChI is InChI=1S/C16H18N4O2/c1-4-22-16(21)13-7-17-19(8-13)9-14-10-20-12(3)11(2)5-6-15(20)18-14/h5-8,10H,4,9H2,1-3H3. The first-order valence-electron chi connectivity index (χ1n) is 7.22. The number of esters is 1. The van der Waals surface area contributed by atoms with Crippen molar-refractivity contribution in [1.82, 2.24) is 19.2 Å². The largest absolute Gasteiger partial charge is 0.462 e. The summed E-state index contributed by atoms with van der Waals surface area (Å²) in [6.07, 6.45) is 5.20. The molecule has 0 aliphatic rings. The summed E-state index contributed by atoms with van der Waals surface area (Å²) in [4.78, 5) is 16.2. The second-order valence-electron chi connectivity index (χ2n) is 5.21. The van der Waals surface area contributed by atoms with Gasteiger partial charge in [0.25, 0.3) is 0 Å². The summed E-state index contributed by atoms with van der Waals surface area (Å²) in [6.45, 7) is 6.80. The quantitative estimate of drug-likeness (QED) is 0.694. The molecule has 6 nitrogen and oxygen atoms in total. The zero-order valence-electron chi connectivity index (χ0n) is 12.9. The van der Waals surface area contributed by atoms with E-state index in [0.717, 1.165) is 11.3 Å². The van der Waals surface area contributed by atoms with E-state index in [1.165, 1.54) is 17.5 Å². The van der Waals surface area contributed by atoms with Gasteiger partial charge in [-0.25, -0.2) is 9.78 Å². The molecule has 0 radical (unpaired) electrons. The van der Waals surface area contributed by atoms with E-state index in [1.54, 1.807) is 17.8 Å². The van der Waals surface area contributed by atoms with Gasteiger partial charge in [0, 0.05) is 18.1 Å². The summed E-state index contributed by atoms with van der Waals surface area (Å²) in [6, 6.07) is 4.06. The predicted octanol–water partition coefficient (Wildman–Crippen LogP) is 2.37. The fraction of sp³-hybridized carbons (Fsp3) is 0.312. The number of aromatic nitrogens is 4. The zero-order chi connectivity index (χ0) is 15.7. The molecule has 6 heteroatoms. The lowest BCUT2D eigenvalue weighted by Crippen LogP contribution is -2.04. The Balaban J connectivity index is 1.84. The van der Waals surface area contributed by atoms with E-state index in [9.17, 15) is 4.79 Å². The predicted molar refractivity (Wildman–Crippen MR) is 82.0 cm³/mol. The van der Waals surface area contributed by atoms with Gasteiger partial charge < -0.3 is 9.14 Å². The Morgan fingerprint density at radius 2 is 2.09 bits per heavy atom. The number of hydrogen-bond acceptors (Lipinski definition) is 4. The van der Waals surface area contributed by atoms with E-state index in [0.29, 0.717) is 18.7 Å². The van der Waals surface area contributed by atoms with Crippen LogP contribution in [0.15, 0.2) is 30.7 Å². The monoisotopic (exact) mass is 298 g/mol. The highest BCUT2D eigenvalue weighted by molar-refractivity contribution is 5.88. The summed E-state index contributed by atoms with van der Waals surface area (Å²) in [7, 11) is 0. The molecule has 0 aliphatic carbocycles. The summed E-state index contributed by atoms with van der Waals surface area (Å²) in [5.74, 6) is -0.352. The van der Waals surface area contributed by atoms with E-state index < -0.39 is 0 Å². The molecule has 0 atom stereocenters. The summed E-state index contributed by atoms with van der Waals surface area (Å²) < 4.78 is 8.72. The first-order valence-corrected chi connectivity index (χ1v) is 7.22. The highest BCUT2D eigenvalue weighted by Gasteiger charge is 2.11. The molecule has 0 aromatic carbocycles. The summed E-state index contributed by atoms with van der Waals surface area (Å²) in [5, 5.41) is 4.19. The molecule has 0 bridgehead atoms. The maximum atomic E-state index is 11.6. The molecule has 0 aliphatic heterocycles. The smallest absolute Gasteiger partial charge is 0.341 e. The van der Waals surface area contributed by atoms with Crippen LogP contribution >= 0.6 is 0 Å². The van der Waals surface area contributed by atoms with Gasteiger partial charge in [0.2, 0.25) is 0 Å². The van der Waals surface area contributed by atoms with Gasteiger partial charge in [-0.1, -0.05) is 6.07 Å². The van der Waals surface area contributed by atoms with E-state index in [-0.39, 0.29) is 5.97 Å². The van der Waals surface area contributed by atoms with Crippen molar-refractivity contribution in [2.75, 3.05) is 6.61 Å². The second-order valence-corrected chi connectivity index (χ2v) is 5.21. The normalized spacial score (nSPS) is 11.0. The van der Waals surface area contributed by atoms with Crippen molar-refractivity contribution in [2.45, 2.75) is 27.3 Å². The Bertz CT molecular complexity index is 832. The lowest BCUT2D eigenvalue weighted by Gasteiger charge is -2.02. The number of hydrogen-bond donors (Lipinski definition) is 0. The van der Waals surface area contributed by atoms with E-state index in [2.05, 4.69) is 34.4 Å². The molecule has 0 saturated heterocycles. The van der Waals surface area contributed by atoms with Gasteiger partial charge >= 0.3 is 5.97 Å². The van der Waals surface area contributed by atoms with Crippen molar-refractivity contribution in [3.63, 3.8) is 0 Å². The number of nitrogens with zero attached hydrogens (tertiary/aromatic N) is 4. The molecule has 3 rings (SSSR count). The molecule has 0 fully saturated rings. The maximum absolute atomic E-state index is 11.6. The SMILES string of the molecule is CCOC(=O)c1cnn(Cc2cn3c(C)c(C)ccc3n2)c1. The number of ether oxygens (including phenoxy) is 1. The lowest BCUT2D eigenvalue weighted by molar-refractivity contribution is 0.0526. The van der Waals surface area contributed by atoms with Crippen molar-refractivity contribution in [2.24, 2.45) is 0 Å². The third kappa shape index (κ3) is 2.59. The van der Waals surface area contributed by atoms with Crippen molar-refractivity contribution in [3.8, 4) is 0 Å². The van der Waals surface area contributed by atoms with Crippen molar-refractivity contribution >= 4 is 11.6 Å². The Morgan fingerprint density at radius 3 is 2.86 bits per heavy atom. The van der Waals surface area contributed by atoms with Gasteiger partial charge in [-0.15, -0.1) is 0 Å². The first-order chi connectivity index (χ1) is 10.6. The van der Waals surface area contributed by atoms with Crippen LogP contribution in [0.4, 0.5) is 0 Å². The van der Waals surface area contributed by atoms with E-state index in [1.807, 2.05) is 12.3 Å². The fourth-order valence-electron chi connectivity index (χ4n) is 2.35. The van der Waals surface area contributed by atoms with Crippen molar-refractivity contribution in [1.29, 1.82) is 0 Å². The molecule has 114 valence electrons. The number of rotatable bonds is 4. The third-order valence-corrected chi connectivity index (χ3v) is 3.67. The van der Waals surface area contributed by atoms with Crippen LogP contribution in [0.3, 0.4) is 0 Å². The molecule has 3 heterocycles. The number of carbonyl (C=O) groups excluding carboxylic acids is 1. The van der Waals surface area contributed by atoms with Crippen molar-refractivity contribution in [3.05, 3.63) is 53.2 Å². The van der Waals surface area contributed by atoms with Gasteiger partial charge in [-0.3, -0.25) is 4.68 Å². The Kier molecular flexibility index (Phi) is 3.66. The second kappa shape index (κ2) is 5.63. The van der Waals surface area contributed by atoms with Gasteiger partial charge in [-0.05, 0) is 32.4 Å². The van der Waals surface area contributed by atoms with Gasteiger partial charge in [0.1, 0.15) is 5.65 Å². The summed E-state index contributed by atoms with van der Waals surface area (Å²) >= 11 is 0. The average molecular weight is 298 g/mol. The van der Waals surface area contributed by atoms with Crippen LogP contribution in [0, 0.1) is 13.8 Å². The molecule has 3 aromatic rings. The average Bonchev–Trinajstić information content (AvgIpc) is 3.11. The lowest BCUT2D eigenvalue weighted by atomic mass is 10.2. The maximum Gasteiger partial charge on any atom is 0.341 e. The minimum Gasteiger partial charge on any atom is -0.462 e. The van der Waals surface area contributed by atoms with Crippen LogP contribution in [-0.2, 0) is 11.3 Å². The number of pyridine rings is 1. The highest BCUT2D eigenvalue weighted by Crippen LogP contribution is 2.13. The highest BCUT2D eigenvalue weighted by atomic mass is 16.5. The molecule has 22 heavy (non-hydrogen) atoms. The molecule has 0 amide bonds. The Labute approximate surface area is 128 Å². The first kappa shape index (κ1) is 14.3. The molecule has 0 saturated carbocycles. The topological polar surface area (TPSA) is 61.4 Å². The number of imidazole rings is 1. The number of aryl methyl sites for hydroxylation is 2. The summed E-state index contributed by atoms with van der Waals surface area (Å²) in [5.41, 5.74) is 4.66.